The lowest BCUT2D eigenvalue weighted by atomic mass is 10.0. The lowest BCUT2D eigenvalue weighted by molar-refractivity contribution is -0.162. The largest absolute Gasteiger partial charge is 0.440 e. The second-order valence-electron chi connectivity index (χ2n) is 4.03. The van der Waals surface area contributed by atoms with Gasteiger partial charge in [-0.1, -0.05) is 13.8 Å². The predicted molar refractivity (Wildman–Crippen MR) is 47.3 cm³/mol. The van der Waals surface area contributed by atoms with Crippen LogP contribution in [0, 0.1) is 11.8 Å². The quantitative estimate of drug-likeness (QED) is 0.685. The topological polar surface area (TPSA) is 29.5 Å². The molecule has 1 heterocycles. The van der Waals surface area contributed by atoms with E-state index in [1.54, 1.807) is 0 Å². The number of rotatable bonds is 1. The Labute approximate surface area is 86.2 Å². The zero-order valence-electron chi connectivity index (χ0n) is 8.67. The Morgan fingerprint density at radius 1 is 1.33 bits per heavy atom. The minimum atomic E-state index is -4.45. The van der Waals surface area contributed by atoms with E-state index in [2.05, 4.69) is 4.74 Å². The van der Waals surface area contributed by atoms with E-state index >= 15 is 0 Å². The summed E-state index contributed by atoms with van der Waals surface area (Å²) in [6.07, 6.45) is -5.32. The van der Waals surface area contributed by atoms with Crippen LogP contribution in [0.1, 0.15) is 13.8 Å². The zero-order chi connectivity index (χ0) is 11.6. The molecule has 0 saturated carbocycles. The van der Waals surface area contributed by atoms with Crippen LogP contribution in [-0.2, 0) is 4.74 Å². The first-order valence-electron chi connectivity index (χ1n) is 4.78. The van der Waals surface area contributed by atoms with Crippen LogP contribution in [0.4, 0.5) is 18.0 Å². The first kappa shape index (κ1) is 12.1. The number of carbonyl (C=O) groups excluding carboxylic acids is 1. The monoisotopic (exact) mass is 225 g/mol. The summed E-state index contributed by atoms with van der Waals surface area (Å²) < 4.78 is 39.4. The number of hydrogen-bond donors (Lipinski definition) is 0. The van der Waals surface area contributed by atoms with Crippen LogP contribution >= 0.6 is 0 Å². The van der Waals surface area contributed by atoms with Gasteiger partial charge in [-0.15, -0.1) is 0 Å². The minimum absolute atomic E-state index is 0.309. The van der Waals surface area contributed by atoms with Gasteiger partial charge in [0.05, 0.1) is 0 Å². The van der Waals surface area contributed by atoms with E-state index in [0.717, 1.165) is 0 Å². The molecule has 0 N–H and O–H groups in total. The van der Waals surface area contributed by atoms with Gasteiger partial charge in [-0.05, 0) is 11.8 Å². The normalized spacial score (nSPS) is 26.9. The van der Waals surface area contributed by atoms with Gasteiger partial charge >= 0.3 is 12.3 Å². The van der Waals surface area contributed by atoms with Crippen molar-refractivity contribution in [1.82, 2.24) is 4.90 Å². The van der Waals surface area contributed by atoms with E-state index in [4.69, 9.17) is 0 Å². The third-order valence-corrected chi connectivity index (χ3v) is 2.61. The van der Waals surface area contributed by atoms with Crippen molar-refractivity contribution in [2.75, 3.05) is 19.7 Å². The van der Waals surface area contributed by atoms with Crippen molar-refractivity contribution in [2.24, 2.45) is 11.8 Å². The highest BCUT2D eigenvalue weighted by Gasteiger charge is 2.34. The second kappa shape index (κ2) is 4.28. The van der Waals surface area contributed by atoms with E-state index < -0.39 is 18.9 Å². The summed E-state index contributed by atoms with van der Waals surface area (Å²) in [6, 6.07) is 0. The maximum absolute atomic E-state index is 11.8. The molecule has 1 fully saturated rings. The van der Waals surface area contributed by atoms with Gasteiger partial charge in [-0.3, -0.25) is 0 Å². The summed E-state index contributed by atoms with van der Waals surface area (Å²) in [5, 5.41) is 0. The Balaban J connectivity index is 2.36. The van der Waals surface area contributed by atoms with Crippen molar-refractivity contribution in [1.29, 1.82) is 0 Å². The molecule has 0 aromatic heterocycles. The van der Waals surface area contributed by atoms with Crippen molar-refractivity contribution in [3.63, 3.8) is 0 Å². The van der Waals surface area contributed by atoms with Crippen molar-refractivity contribution in [3.8, 4) is 0 Å². The Bertz CT molecular complexity index is 232. The molecule has 3 nitrogen and oxygen atoms in total. The summed E-state index contributed by atoms with van der Waals surface area (Å²) in [6.45, 7) is 3.35. The molecular weight excluding hydrogens is 211 g/mol. The molecule has 2 atom stereocenters. The minimum Gasteiger partial charge on any atom is -0.440 e. The molecule has 2 unspecified atom stereocenters. The molecule has 6 heteroatoms. The smallest absolute Gasteiger partial charge is 0.422 e. The number of hydrogen-bond acceptors (Lipinski definition) is 2. The highest BCUT2D eigenvalue weighted by Crippen LogP contribution is 2.23. The lowest BCUT2D eigenvalue weighted by Crippen LogP contribution is -2.32. The summed E-state index contributed by atoms with van der Waals surface area (Å²) in [7, 11) is 0. The fourth-order valence-corrected chi connectivity index (χ4v) is 1.51. The molecule has 15 heavy (non-hydrogen) atoms. The molecule has 1 aliphatic rings. The third kappa shape index (κ3) is 3.60. The number of amides is 1. The Hall–Kier alpha value is -0.940. The van der Waals surface area contributed by atoms with Gasteiger partial charge in [-0.2, -0.15) is 13.2 Å². The Morgan fingerprint density at radius 3 is 2.20 bits per heavy atom. The molecule has 0 aromatic carbocycles. The summed E-state index contributed by atoms with van der Waals surface area (Å²) in [5.41, 5.74) is 0. The van der Waals surface area contributed by atoms with Gasteiger partial charge in [0.25, 0.3) is 0 Å². The maximum atomic E-state index is 11.8. The number of halogens is 3. The van der Waals surface area contributed by atoms with Gasteiger partial charge in [0, 0.05) is 13.1 Å². The van der Waals surface area contributed by atoms with Crippen LogP contribution in [0.15, 0.2) is 0 Å². The number of ether oxygens (including phenoxy) is 1. The fraction of sp³-hybridized carbons (Fsp3) is 0.889. The molecule has 0 spiro atoms. The molecule has 1 aliphatic heterocycles. The summed E-state index contributed by atoms with van der Waals surface area (Å²) >= 11 is 0. The number of likely N-dealkylation sites (tertiary alicyclic amines) is 1. The van der Waals surface area contributed by atoms with Gasteiger partial charge < -0.3 is 9.64 Å². The van der Waals surface area contributed by atoms with Crippen molar-refractivity contribution < 1.29 is 22.7 Å². The molecule has 0 aliphatic carbocycles. The SMILES string of the molecule is CC1CN(C(=O)OCC(F)(F)F)CC1C. The average Bonchev–Trinajstić information content (AvgIpc) is 2.42. The standard InChI is InChI=1S/C9H14F3NO2/c1-6-3-13(4-7(6)2)8(14)15-5-9(10,11)12/h6-7H,3-5H2,1-2H3. The van der Waals surface area contributed by atoms with Crippen molar-refractivity contribution in [2.45, 2.75) is 20.0 Å². The second-order valence-corrected chi connectivity index (χ2v) is 4.03. The fourth-order valence-electron chi connectivity index (χ4n) is 1.51. The highest BCUT2D eigenvalue weighted by atomic mass is 19.4. The third-order valence-electron chi connectivity index (χ3n) is 2.61. The molecule has 0 aromatic rings. The lowest BCUT2D eigenvalue weighted by Gasteiger charge is -2.16. The molecule has 1 rings (SSSR count). The number of carbonyl (C=O) groups is 1. The zero-order valence-corrected chi connectivity index (χ0v) is 8.67. The number of nitrogens with zero attached hydrogens (tertiary/aromatic N) is 1. The van der Waals surface area contributed by atoms with E-state index in [1.165, 1.54) is 4.90 Å². The van der Waals surface area contributed by atoms with E-state index in [9.17, 15) is 18.0 Å². The summed E-state index contributed by atoms with van der Waals surface area (Å²) in [5.74, 6) is 0.617. The van der Waals surface area contributed by atoms with Gasteiger partial charge in [0.2, 0.25) is 0 Å². The highest BCUT2D eigenvalue weighted by molar-refractivity contribution is 5.68. The average molecular weight is 225 g/mol. The van der Waals surface area contributed by atoms with Crippen LogP contribution in [0.5, 0.6) is 0 Å². The van der Waals surface area contributed by atoms with Gasteiger partial charge in [-0.25, -0.2) is 4.79 Å². The van der Waals surface area contributed by atoms with Crippen LogP contribution < -0.4 is 0 Å². The van der Waals surface area contributed by atoms with E-state index in [1.807, 2.05) is 13.8 Å². The van der Waals surface area contributed by atoms with Crippen molar-refractivity contribution in [3.05, 3.63) is 0 Å². The first-order valence-corrected chi connectivity index (χ1v) is 4.78. The summed E-state index contributed by atoms with van der Waals surface area (Å²) in [4.78, 5) is 12.5. The van der Waals surface area contributed by atoms with E-state index in [-0.39, 0.29) is 0 Å². The van der Waals surface area contributed by atoms with Crippen LogP contribution in [0.25, 0.3) is 0 Å². The molecule has 0 bridgehead atoms. The van der Waals surface area contributed by atoms with Crippen molar-refractivity contribution >= 4 is 6.09 Å². The molecule has 88 valence electrons. The van der Waals surface area contributed by atoms with Gasteiger partial charge in [0.1, 0.15) is 0 Å². The van der Waals surface area contributed by atoms with Crippen LogP contribution in [0.2, 0.25) is 0 Å². The molecule has 1 amide bonds. The van der Waals surface area contributed by atoms with Gasteiger partial charge in [0.15, 0.2) is 6.61 Å². The first-order chi connectivity index (χ1) is 6.79. The molecular formula is C9H14F3NO2. The maximum Gasteiger partial charge on any atom is 0.422 e. The van der Waals surface area contributed by atoms with Crippen LogP contribution in [0.3, 0.4) is 0 Å². The number of alkyl halides is 3. The molecule has 0 radical (unpaired) electrons. The van der Waals surface area contributed by atoms with E-state index in [0.29, 0.717) is 24.9 Å². The Morgan fingerprint density at radius 2 is 1.80 bits per heavy atom. The Kier molecular flexibility index (Phi) is 3.46. The predicted octanol–water partition coefficient (Wildman–Crippen LogP) is 2.27. The van der Waals surface area contributed by atoms with Crippen LogP contribution in [-0.4, -0.2) is 36.9 Å². The molecule has 1 saturated heterocycles.